The lowest BCUT2D eigenvalue weighted by Crippen LogP contribution is -2.12. The van der Waals surface area contributed by atoms with E-state index in [0.717, 1.165) is 28.4 Å². The Bertz CT molecular complexity index is 658. The molecule has 3 rings (SSSR count). The van der Waals surface area contributed by atoms with Gasteiger partial charge in [0.25, 0.3) is 0 Å². The molecule has 22 heavy (non-hydrogen) atoms. The van der Waals surface area contributed by atoms with Gasteiger partial charge in [-0.3, -0.25) is 0 Å². The number of hydrogen-bond donors (Lipinski definition) is 3. The van der Waals surface area contributed by atoms with Gasteiger partial charge in [-0.2, -0.15) is 0 Å². The molecule has 0 radical (unpaired) electrons. The van der Waals surface area contributed by atoms with E-state index in [-0.39, 0.29) is 6.61 Å². The summed E-state index contributed by atoms with van der Waals surface area (Å²) in [6, 6.07) is 0. The first-order valence-corrected chi connectivity index (χ1v) is 7.99. The standard InChI is InChI=1S/C16H23N5O/c1-11(9-22)7-8-17-15-13-16(19-10-18-13)21-14(20-15)12-5-3-2-4-6-12/h7,10,12,22H,2-6,8-9H2,1H3,(H2,17,18,19,20,21)/b11-7+. The molecule has 0 bridgehead atoms. The normalized spacial score (nSPS) is 17.1. The maximum absolute atomic E-state index is 9.05. The molecule has 0 aliphatic heterocycles. The molecule has 6 nitrogen and oxygen atoms in total. The van der Waals surface area contributed by atoms with Crippen LogP contribution >= 0.6 is 0 Å². The highest BCUT2D eigenvalue weighted by atomic mass is 16.3. The van der Waals surface area contributed by atoms with Crippen LogP contribution in [-0.2, 0) is 0 Å². The molecule has 1 saturated carbocycles. The zero-order valence-corrected chi connectivity index (χ0v) is 13.0. The number of aromatic amines is 1. The summed E-state index contributed by atoms with van der Waals surface area (Å²) in [5.74, 6) is 2.15. The summed E-state index contributed by atoms with van der Waals surface area (Å²) in [6.45, 7) is 2.60. The Labute approximate surface area is 130 Å². The molecule has 6 heteroatoms. The summed E-state index contributed by atoms with van der Waals surface area (Å²) in [7, 11) is 0. The molecular formula is C16H23N5O. The van der Waals surface area contributed by atoms with Crippen molar-refractivity contribution < 1.29 is 5.11 Å². The number of nitrogens with one attached hydrogen (secondary N) is 2. The minimum Gasteiger partial charge on any atom is -0.392 e. The van der Waals surface area contributed by atoms with E-state index in [9.17, 15) is 0 Å². The third-order valence-electron chi connectivity index (χ3n) is 4.24. The van der Waals surface area contributed by atoms with Gasteiger partial charge in [0.2, 0.25) is 0 Å². The molecule has 0 amide bonds. The lowest BCUT2D eigenvalue weighted by Gasteiger charge is -2.20. The smallest absolute Gasteiger partial charge is 0.163 e. The van der Waals surface area contributed by atoms with Crippen LogP contribution in [0.15, 0.2) is 18.0 Å². The van der Waals surface area contributed by atoms with Crippen LogP contribution in [-0.4, -0.2) is 38.2 Å². The van der Waals surface area contributed by atoms with Gasteiger partial charge in [-0.1, -0.05) is 30.9 Å². The van der Waals surface area contributed by atoms with Crippen molar-refractivity contribution in [2.24, 2.45) is 0 Å². The van der Waals surface area contributed by atoms with Gasteiger partial charge in [0, 0.05) is 12.5 Å². The van der Waals surface area contributed by atoms with Gasteiger partial charge in [-0.15, -0.1) is 0 Å². The Morgan fingerprint density at radius 2 is 2.18 bits per heavy atom. The fraction of sp³-hybridized carbons (Fsp3) is 0.562. The first kappa shape index (κ1) is 15.0. The van der Waals surface area contributed by atoms with Crippen LogP contribution in [0.2, 0.25) is 0 Å². The van der Waals surface area contributed by atoms with E-state index in [4.69, 9.17) is 10.1 Å². The molecule has 2 aromatic rings. The Kier molecular flexibility index (Phi) is 4.68. The van der Waals surface area contributed by atoms with E-state index in [0.29, 0.717) is 12.5 Å². The van der Waals surface area contributed by atoms with Gasteiger partial charge in [0.15, 0.2) is 11.5 Å². The fourth-order valence-corrected chi connectivity index (χ4v) is 2.91. The van der Waals surface area contributed by atoms with Gasteiger partial charge in [0.05, 0.1) is 12.9 Å². The number of aromatic nitrogens is 4. The van der Waals surface area contributed by atoms with Crippen molar-refractivity contribution >= 4 is 17.0 Å². The van der Waals surface area contributed by atoms with Crippen molar-refractivity contribution in [1.29, 1.82) is 0 Å². The molecule has 1 aliphatic rings. The van der Waals surface area contributed by atoms with E-state index in [1.807, 2.05) is 13.0 Å². The fourth-order valence-electron chi connectivity index (χ4n) is 2.91. The van der Waals surface area contributed by atoms with Crippen molar-refractivity contribution in [3.63, 3.8) is 0 Å². The van der Waals surface area contributed by atoms with Crippen LogP contribution in [0.1, 0.15) is 50.8 Å². The second-order valence-corrected chi connectivity index (χ2v) is 5.95. The van der Waals surface area contributed by atoms with Crippen molar-refractivity contribution in [1.82, 2.24) is 19.9 Å². The first-order valence-electron chi connectivity index (χ1n) is 7.99. The second kappa shape index (κ2) is 6.87. The Morgan fingerprint density at radius 3 is 2.95 bits per heavy atom. The van der Waals surface area contributed by atoms with Crippen molar-refractivity contribution in [3.05, 3.63) is 23.8 Å². The van der Waals surface area contributed by atoms with Crippen LogP contribution in [0.5, 0.6) is 0 Å². The van der Waals surface area contributed by atoms with Crippen molar-refractivity contribution in [2.45, 2.75) is 44.9 Å². The van der Waals surface area contributed by atoms with Gasteiger partial charge in [-0.05, 0) is 19.8 Å². The maximum atomic E-state index is 9.05. The molecular weight excluding hydrogens is 278 g/mol. The third kappa shape index (κ3) is 3.27. The zero-order valence-electron chi connectivity index (χ0n) is 13.0. The van der Waals surface area contributed by atoms with Gasteiger partial charge in [0.1, 0.15) is 11.3 Å². The number of anilines is 1. The summed E-state index contributed by atoms with van der Waals surface area (Å²) >= 11 is 0. The van der Waals surface area contributed by atoms with E-state index in [2.05, 4.69) is 20.3 Å². The van der Waals surface area contributed by atoms with E-state index in [1.54, 1.807) is 6.33 Å². The van der Waals surface area contributed by atoms with E-state index in [1.165, 1.54) is 32.1 Å². The predicted molar refractivity (Wildman–Crippen MR) is 86.8 cm³/mol. The lowest BCUT2D eigenvalue weighted by molar-refractivity contribution is 0.331. The van der Waals surface area contributed by atoms with Gasteiger partial charge in [-0.25, -0.2) is 15.0 Å². The number of hydrogen-bond acceptors (Lipinski definition) is 5. The molecule has 2 aromatic heterocycles. The number of imidazole rings is 1. The molecule has 1 fully saturated rings. The van der Waals surface area contributed by atoms with Gasteiger partial charge < -0.3 is 15.4 Å². The van der Waals surface area contributed by atoms with Gasteiger partial charge >= 0.3 is 0 Å². The SMILES string of the molecule is C/C(=C\CNc1nc(C2CCCCC2)nc2[nH]cnc12)CO. The average Bonchev–Trinajstić information content (AvgIpc) is 3.04. The molecule has 0 atom stereocenters. The molecule has 2 heterocycles. The van der Waals surface area contributed by atoms with Crippen LogP contribution in [0.3, 0.4) is 0 Å². The molecule has 1 aliphatic carbocycles. The molecule has 118 valence electrons. The number of aliphatic hydroxyl groups excluding tert-OH is 1. The number of H-pyrrole nitrogens is 1. The number of aliphatic hydroxyl groups is 1. The van der Waals surface area contributed by atoms with Crippen LogP contribution in [0, 0.1) is 0 Å². The summed E-state index contributed by atoms with van der Waals surface area (Å²) in [6.07, 6.45) is 9.79. The highest BCUT2D eigenvalue weighted by Crippen LogP contribution is 2.32. The molecule has 0 unspecified atom stereocenters. The van der Waals surface area contributed by atoms with Crippen molar-refractivity contribution in [3.8, 4) is 0 Å². The third-order valence-corrected chi connectivity index (χ3v) is 4.24. The van der Waals surface area contributed by atoms with E-state index >= 15 is 0 Å². The monoisotopic (exact) mass is 301 g/mol. The summed E-state index contributed by atoms with van der Waals surface area (Å²) in [4.78, 5) is 16.8. The number of rotatable bonds is 5. The summed E-state index contributed by atoms with van der Waals surface area (Å²) in [5.41, 5.74) is 2.50. The second-order valence-electron chi connectivity index (χ2n) is 5.95. The quantitative estimate of drug-likeness (QED) is 0.739. The Hall–Kier alpha value is -1.95. The zero-order chi connectivity index (χ0) is 15.4. The predicted octanol–water partition coefficient (Wildman–Crippen LogP) is 2.75. The highest BCUT2D eigenvalue weighted by molar-refractivity contribution is 5.82. The Morgan fingerprint density at radius 1 is 1.36 bits per heavy atom. The molecule has 3 N–H and O–H groups in total. The molecule has 0 spiro atoms. The first-order chi connectivity index (χ1) is 10.8. The van der Waals surface area contributed by atoms with E-state index < -0.39 is 0 Å². The van der Waals surface area contributed by atoms with Crippen LogP contribution in [0.4, 0.5) is 5.82 Å². The van der Waals surface area contributed by atoms with Crippen LogP contribution in [0.25, 0.3) is 11.2 Å². The minimum absolute atomic E-state index is 0.0800. The summed E-state index contributed by atoms with van der Waals surface area (Å²) < 4.78 is 0. The summed E-state index contributed by atoms with van der Waals surface area (Å²) in [5, 5.41) is 12.3. The lowest BCUT2D eigenvalue weighted by atomic mass is 9.89. The molecule has 0 saturated heterocycles. The maximum Gasteiger partial charge on any atom is 0.163 e. The average molecular weight is 301 g/mol. The highest BCUT2D eigenvalue weighted by Gasteiger charge is 2.20. The Balaban J connectivity index is 1.85. The minimum atomic E-state index is 0.0800. The number of fused-ring (bicyclic) bond motifs is 1. The molecule has 0 aromatic carbocycles. The number of nitrogens with zero attached hydrogens (tertiary/aromatic N) is 3. The van der Waals surface area contributed by atoms with Crippen LogP contribution < -0.4 is 5.32 Å². The van der Waals surface area contributed by atoms with Crippen molar-refractivity contribution in [2.75, 3.05) is 18.5 Å². The topological polar surface area (TPSA) is 86.7 Å². The largest absolute Gasteiger partial charge is 0.392 e.